The minimum absolute atomic E-state index is 0.124. The molecule has 1 aromatic carbocycles. The number of carbonyl (C=O) groups excluding carboxylic acids is 1. The van der Waals surface area contributed by atoms with Crippen molar-refractivity contribution in [3.05, 3.63) is 24.3 Å². The van der Waals surface area contributed by atoms with Gasteiger partial charge >= 0.3 is 0 Å². The van der Waals surface area contributed by atoms with Gasteiger partial charge in [0.05, 0.1) is 4.90 Å². The minimum atomic E-state index is -3.52. The van der Waals surface area contributed by atoms with Gasteiger partial charge in [-0.1, -0.05) is 38.2 Å². The number of hydrogen-bond donors (Lipinski definition) is 2. The van der Waals surface area contributed by atoms with E-state index in [2.05, 4.69) is 5.32 Å². The summed E-state index contributed by atoms with van der Waals surface area (Å²) >= 11 is 0. The third kappa shape index (κ3) is 5.23. The monoisotopic (exact) mass is 393 g/mol. The molecule has 1 saturated carbocycles. The molecule has 1 atom stereocenters. The molecule has 3 rings (SSSR count). The molecule has 1 aromatic rings. The van der Waals surface area contributed by atoms with Crippen molar-refractivity contribution in [1.29, 1.82) is 0 Å². The third-order valence-corrected chi connectivity index (χ3v) is 7.65. The summed E-state index contributed by atoms with van der Waals surface area (Å²) in [7, 11) is -3.52. The Kier molecular flexibility index (Phi) is 6.76. The van der Waals surface area contributed by atoms with Gasteiger partial charge in [0.2, 0.25) is 15.9 Å². The van der Waals surface area contributed by atoms with Crippen LogP contribution in [-0.4, -0.2) is 38.3 Å². The van der Waals surface area contributed by atoms with Crippen LogP contribution < -0.4 is 11.1 Å². The summed E-state index contributed by atoms with van der Waals surface area (Å²) < 4.78 is 27.1. The van der Waals surface area contributed by atoms with Crippen LogP contribution in [0.5, 0.6) is 0 Å². The Bertz CT molecular complexity index is 743. The molecule has 1 aliphatic heterocycles. The van der Waals surface area contributed by atoms with Gasteiger partial charge in [-0.15, -0.1) is 0 Å². The van der Waals surface area contributed by atoms with Crippen LogP contribution in [0.15, 0.2) is 29.2 Å². The van der Waals surface area contributed by atoms with E-state index in [1.165, 1.54) is 29.6 Å². The van der Waals surface area contributed by atoms with Crippen molar-refractivity contribution in [2.75, 3.05) is 25.4 Å². The summed E-state index contributed by atoms with van der Waals surface area (Å²) in [5.74, 6) is 0.436. The Morgan fingerprint density at radius 1 is 1.11 bits per heavy atom. The van der Waals surface area contributed by atoms with Gasteiger partial charge in [0.15, 0.2) is 0 Å². The molecule has 27 heavy (non-hydrogen) atoms. The van der Waals surface area contributed by atoms with E-state index < -0.39 is 10.0 Å². The van der Waals surface area contributed by atoms with E-state index in [1.807, 2.05) is 0 Å². The highest BCUT2D eigenvalue weighted by molar-refractivity contribution is 7.89. The third-order valence-electron chi connectivity index (χ3n) is 5.79. The number of benzene rings is 1. The first-order valence-corrected chi connectivity index (χ1v) is 11.5. The summed E-state index contributed by atoms with van der Waals surface area (Å²) in [6.45, 7) is 1.49. The number of nitrogen functional groups attached to an aromatic ring is 1. The van der Waals surface area contributed by atoms with Gasteiger partial charge in [-0.2, -0.15) is 4.31 Å². The fourth-order valence-electron chi connectivity index (χ4n) is 4.11. The Morgan fingerprint density at radius 3 is 2.52 bits per heavy atom. The zero-order valence-corrected chi connectivity index (χ0v) is 16.7. The maximum absolute atomic E-state index is 12.8. The van der Waals surface area contributed by atoms with Gasteiger partial charge in [-0.25, -0.2) is 8.42 Å². The summed E-state index contributed by atoms with van der Waals surface area (Å²) in [4.78, 5) is 12.7. The molecule has 1 aliphatic carbocycles. The SMILES string of the molecule is Nc1cccc(S(=O)(=O)N2CCC(CNC(=O)C3CCCCCCC3)C2)c1. The van der Waals surface area contributed by atoms with Gasteiger partial charge in [-0.05, 0) is 43.4 Å². The van der Waals surface area contributed by atoms with Crippen molar-refractivity contribution < 1.29 is 13.2 Å². The highest BCUT2D eigenvalue weighted by Gasteiger charge is 2.33. The topological polar surface area (TPSA) is 92.5 Å². The van der Waals surface area contributed by atoms with Gasteiger partial charge in [0, 0.05) is 31.2 Å². The molecule has 0 radical (unpaired) electrons. The van der Waals surface area contributed by atoms with Crippen LogP contribution in [0.25, 0.3) is 0 Å². The second-order valence-corrected chi connectivity index (χ2v) is 9.82. The Balaban J connectivity index is 1.51. The van der Waals surface area contributed by atoms with Crippen LogP contribution in [0.3, 0.4) is 0 Å². The molecule has 3 N–H and O–H groups in total. The summed E-state index contributed by atoms with van der Waals surface area (Å²) in [6.07, 6.45) is 8.73. The first-order chi connectivity index (χ1) is 13.0. The number of rotatable bonds is 5. The van der Waals surface area contributed by atoms with Crippen molar-refractivity contribution in [3.8, 4) is 0 Å². The summed E-state index contributed by atoms with van der Waals surface area (Å²) in [6, 6.07) is 6.41. The average Bonchev–Trinajstić information content (AvgIpc) is 3.09. The molecule has 6 nitrogen and oxygen atoms in total. The first kappa shape index (κ1) is 20.1. The van der Waals surface area contributed by atoms with E-state index in [-0.39, 0.29) is 22.6 Å². The molecule has 1 amide bonds. The van der Waals surface area contributed by atoms with Crippen LogP contribution in [0.2, 0.25) is 0 Å². The normalized spacial score (nSPS) is 22.9. The Hall–Kier alpha value is -1.60. The number of amides is 1. The smallest absolute Gasteiger partial charge is 0.243 e. The number of anilines is 1. The molecule has 7 heteroatoms. The van der Waals surface area contributed by atoms with Gasteiger partial charge in [-0.3, -0.25) is 4.79 Å². The summed E-state index contributed by atoms with van der Waals surface area (Å²) in [5.41, 5.74) is 6.17. The highest BCUT2D eigenvalue weighted by atomic mass is 32.2. The zero-order chi connectivity index (χ0) is 19.3. The van der Waals surface area contributed by atoms with E-state index in [4.69, 9.17) is 5.73 Å². The Morgan fingerprint density at radius 2 is 1.81 bits per heavy atom. The standard InChI is InChI=1S/C20H31N3O3S/c21-18-9-6-10-19(13-18)27(25,26)23-12-11-16(15-23)14-22-20(24)17-7-4-2-1-3-5-8-17/h6,9-10,13,16-17H,1-5,7-8,11-12,14-15,21H2,(H,22,24). The lowest BCUT2D eigenvalue weighted by Gasteiger charge is -2.20. The number of nitrogens with two attached hydrogens (primary N) is 1. The molecule has 1 heterocycles. The molecule has 0 spiro atoms. The number of sulfonamides is 1. The second-order valence-electron chi connectivity index (χ2n) is 7.88. The van der Waals surface area contributed by atoms with Crippen molar-refractivity contribution in [2.45, 2.75) is 56.3 Å². The largest absolute Gasteiger partial charge is 0.399 e. The van der Waals surface area contributed by atoms with Gasteiger partial charge in [0.25, 0.3) is 0 Å². The lowest BCUT2D eigenvalue weighted by molar-refractivity contribution is -0.125. The van der Waals surface area contributed by atoms with Crippen LogP contribution in [0.4, 0.5) is 5.69 Å². The van der Waals surface area contributed by atoms with Crippen molar-refractivity contribution >= 4 is 21.6 Å². The molecule has 0 bridgehead atoms. The highest BCUT2D eigenvalue weighted by Crippen LogP contribution is 2.26. The quantitative estimate of drug-likeness (QED) is 0.752. The van der Waals surface area contributed by atoms with Crippen molar-refractivity contribution in [3.63, 3.8) is 0 Å². The molecule has 0 aromatic heterocycles. The van der Waals surface area contributed by atoms with Crippen LogP contribution in [0, 0.1) is 11.8 Å². The predicted octanol–water partition coefficient (Wildman–Crippen LogP) is 2.76. The fraction of sp³-hybridized carbons (Fsp3) is 0.650. The molecule has 1 unspecified atom stereocenters. The van der Waals surface area contributed by atoms with E-state index >= 15 is 0 Å². The van der Waals surface area contributed by atoms with Crippen LogP contribution in [0.1, 0.15) is 51.4 Å². The summed E-state index contributed by atoms with van der Waals surface area (Å²) in [5, 5.41) is 3.08. The molecular formula is C20H31N3O3S. The molecule has 2 fully saturated rings. The van der Waals surface area contributed by atoms with E-state index in [1.54, 1.807) is 18.2 Å². The number of nitrogens with one attached hydrogen (secondary N) is 1. The van der Waals surface area contributed by atoms with Gasteiger partial charge in [0.1, 0.15) is 0 Å². The van der Waals surface area contributed by atoms with E-state index in [9.17, 15) is 13.2 Å². The molecule has 150 valence electrons. The lowest BCUT2D eigenvalue weighted by Crippen LogP contribution is -2.36. The number of nitrogens with zero attached hydrogens (tertiary/aromatic N) is 1. The average molecular weight is 394 g/mol. The lowest BCUT2D eigenvalue weighted by atomic mass is 9.90. The van der Waals surface area contributed by atoms with Crippen molar-refractivity contribution in [1.82, 2.24) is 9.62 Å². The molecular weight excluding hydrogens is 362 g/mol. The maximum Gasteiger partial charge on any atom is 0.243 e. The zero-order valence-electron chi connectivity index (χ0n) is 15.9. The Labute approximate surface area is 162 Å². The second kappa shape index (κ2) is 9.06. The maximum atomic E-state index is 12.8. The van der Waals surface area contributed by atoms with Crippen LogP contribution >= 0.6 is 0 Å². The van der Waals surface area contributed by atoms with E-state index in [0.717, 1.165) is 32.1 Å². The number of hydrogen-bond acceptors (Lipinski definition) is 4. The number of carbonyl (C=O) groups is 1. The van der Waals surface area contributed by atoms with Crippen LogP contribution in [-0.2, 0) is 14.8 Å². The fourth-order valence-corrected chi connectivity index (χ4v) is 5.70. The predicted molar refractivity (Wildman–Crippen MR) is 107 cm³/mol. The first-order valence-electron chi connectivity index (χ1n) is 10.1. The molecule has 1 saturated heterocycles. The minimum Gasteiger partial charge on any atom is -0.399 e. The van der Waals surface area contributed by atoms with Gasteiger partial charge < -0.3 is 11.1 Å². The van der Waals surface area contributed by atoms with Crippen molar-refractivity contribution in [2.24, 2.45) is 11.8 Å². The van der Waals surface area contributed by atoms with E-state index in [0.29, 0.717) is 25.3 Å². The molecule has 2 aliphatic rings.